The molecule has 0 aliphatic rings. The number of nitro benzene ring substituents is 1. The smallest absolute Gasteiger partial charge is 0.345 e. The van der Waals surface area contributed by atoms with E-state index in [9.17, 15) is 14.9 Å². The van der Waals surface area contributed by atoms with Crippen molar-refractivity contribution in [1.82, 2.24) is 0 Å². The van der Waals surface area contributed by atoms with Crippen LogP contribution in [-0.2, 0) is 18.0 Å². The Bertz CT molecular complexity index is 989. The van der Waals surface area contributed by atoms with Crippen LogP contribution in [0.1, 0.15) is 21.5 Å². The van der Waals surface area contributed by atoms with Crippen LogP contribution in [0.2, 0.25) is 0 Å². The summed E-state index contributed by atoms with van der Waals surface area (Å²) in [4.78, 5) is 23.7. The Kier molecular flexibility index (Phi) is 6.42. The van der Waals surface area contributed by atoms with Crippen LogP contribution in [0.4, 0.5) is 5.69 Å². The van der Waals surface area contributed by atoms with Crippen molar-refractivity contribution in [3.63, 3.8) is 0 Å². The highest BCUT2D eigenvalue weighted by molar-refractivity contribution is 5.96. The topological polar surface area (TPSA) is 87.9 Å². The third-order valence-electron chi connectivity index (χ3n) is 4.14. The number of ether oxygens (including phenoxy) is 3. The zero-order chi connectivity index (χ0) is 20.6. The molecule has 0 amide bonds. The molecule has 0 atom stereocenters. The molecule has 3 rings (SSSR count). The Labute approximate surface area is 167 Å². The van der Waals surface area contributed by atoms with E-state index in [2.05, 4.69) is 0 Å². The number of hydrogen-bond acceptors (Lipinski definition) is 6. The number of carbonyl (C=O) groups excluding carboxylic acids is 1. The summed E-state index contributed by atoms with van der Waals surface area (Å²) in [5, 5.41) is 11.7. The predicted octanol–water partition coefficient (Wildman–Crippen LogP) is 4.54. The third-order valence-corrected chi connectivity index (χ3v) is 4.14. The second-order valence-electron chi connectivity index (χ2n) is 6.11. The number of nitrogens with zero attached hydrogens (tertiary/aromatic N) is 1. The van der Waals surface area contributed by atoms with Crippen LogP contribution in [-0.4, -0.2) is 18.0 Å². The molecule has 148 valence electrons. The maximum Gasteiger partial charge on any atom is 0.345 e. The molecule has 0 saturated carbocycles. The van der Waals surface area contributed by atoms with Gasteiger partial charge in [-0.3, -0.25) is 10.1 Å². The first kappa shape index (κ1) is 19.9. The van der Waals surface area contributed by atoms with Crippen molar-refractivity contribution in [3.8, 4) is 11.5 Å². The average molecular weight is 393 g/mol. The highest BCUT2D eigenvalue weighted by Gasteiger charge is 2.29. The molecule has 0 aromatic heterocycles. The average Bonchev–Trinajstić information content (AvgIpc) is 2.76. The largest absolute Gasteiger partial charge is 0.497 e. The van der Waals surface area contributed by atoms with E-state index >= 15 is 0 Å². The van der Waals surface area contributed by atoms with Gasteiger partial charge in [0.15, 0.2) is 0 Å². The maximum atomic E-state index is 12.6. The SMILES string of the molecule is COc1cc(OCc2ccccc2)c([N+](=O)[O-])c(C(=O)OCc2ccccc2)c1. The maximum absolute atomic E-state index is 12.6. The molecule has 29 heavy (non-hydrogen) atoms. The zero-order valence-corrected chi connectivity index (χ0v) is 15.7. The molecule has 0 unspecified atom stereocenters. The molecule has 0 saturated heterocycles. The normalized spacial score (nSPS) is 10.2. The van der Waals surface area contributed by atoms with Gasteiger partial charge in [0.1, 0.15) is 24.5 Å². The van der Waals surface area contributed by atoms with Gasteiger partial charge in [-0.1, -0.05) is 60.7 Å². The fraction of sp³-hybridized carbons (Fsp3) is 0.136. The van der Waals surface area contributed by atoms with Crippen molar-refractivity contribution in [2.24, 2.45) is 0 Å². The Balaban J connectivity index is 1.88. The molecule has 0 bridgehead atoms. The Morgan fingerprint density at radius 2 is 1.52 bits per heavy atom. The second kappa shape index (κ2) is 9.36. The van der Waals surface area contributed by atoms with E-state index in [1.165, 1.54) is 19.2 Å². The van der Waals surface area contributed by atoms with Crippen molar-refractivity contribution >= 4 is 11.7 Å². The first-order valence-corrected chi connectivity index (χ1v) is 8.82. The summed E-state index contributed by atoms with van der Waals surface area (Å²) in [6.45, 7) is 0.0988. The Hall–Kier alpha value is -3.87. The molecule has 0 spiro atoms. The first-order valence-electron chi connectivity index (χ1n) is 8.82. The van der Waals surface area contributed by atoms with Crippen LogP contribution in [0.5, 0.6) is 11.5 Å². The van der Waals surface area contributed by atoms with Crippen molar-refractivity contribution in [3.05, 3.63) is 99.6 Å². The summed E-state index contributed by atoms with van der Waals surface area (Å²) in [6.07, 6.45) is 0. The summed E-state index contributed by atoms with van der Waals surface area (Å²) >= 11 is 0. The molecule has 7 heteroatoms. The van der Waals surface area contributed by atoms with Crippen molar-refractivity contribution in [2.45, 2.75) is 13.2 Å². The van der Waals surface area contributed by atoms with Gasteiger partial charge in [0.2, 0.25) is 5.75 Å². The van der Waals surface area contributed by atoms with Gasteiger partial charge in [-0.15, -0.1) is 0 Å². The molecule has 3 aromatic carbocycles. The number of methoxy groups -OCH3 is 1. The minimum absolute atomic E-state index is 0.00571. The predicted molar refractivity (Wildman–Crippen MR) is 106 cm³/mol. The second-order valence-corrected chi connectivity index (χ2v) is 6.11. The Morgan fingerprint density at radius 1 is 0.931 bits per heavy atom. The van der Waals surface area contributed by atoms with Gasteiger partial charge in [-0.05, 0) is 11.1 Å². The van der Waals surface area contributed by atoms with E-state index in [1.807, 2.05) is 48.5 Å². The number of rotatable bonds is 8. The number of esters is 1. The molecular weight excluding hydrogens is 374 g/mol. The molecule has 3 aromatic rings. The fourth-order valence-electron chi connectivity index (χ4n) is 2.69. The molecule has 0 fully saturated rings. The van der Waals surface area contributed by atoms with E-state index in [4.69, 9.17) is 14.2 Å². The summed E-state index contributed by atoms with van der Waals surface area (Å²) in [7, 11) is 1.40. The van der Waals surface area contributed by atoms with Gasteiger partial charge in [-0.25, -0.2) is 4.79 Å². The van der Waals surface area contributed by atoms with Gasteiger partial charge in [-0.2, -0.15) is 0 Å². The standard InChI is InChI=1S/C22H19NO6/c1-27-18-12-19(22(24)29-15-17-10-6-3-7-11-17)21(23(25)26)20(13-18)28-14-16-8-4-2-5-9-16/h2-13H,14-15H2,1H3. The van der Waals surface area contributed by atoms with E-state index in [0.29, 0.717) is 0 Å². The first-order chi connectivity index (χ1) is 14.1. The molecule has 7 nitrogen and oxygen atoms in total. The lowest BCUT2D eigenvalue weighted by molar-refractivity contribution is -0.386. The molecule has 0 radical (unpaired) electrons. The third kappa shape index (κ3) is 5.10. The van der Waals surface area contributed by atoms with Gasteiger partial charge >= 0.3 is 11.7 Å². The summed E-state index contributed by atoms with van der Waals surface area (Å²) in [6, 6.07) is 20.9. The summed E-state index contributed by atoms with van der Waals surface area (Å²) in [5.74, 6) is -0.640. The van der Waals surface area contributed by atoms with Crippen molar-refractivity contribution in [1.29, 1.82) is 0 Å². The number of hydrogen-bond donors (Lipinski definition) is 0. The number of nitro groups is 1. The highest BCUT2D eigenvalue weighted by atomic mass is 16.6. The van der Waals surface area contributed by atoms with Crippen LogP contribution in [0.3, 0.4) is 0 Å². The quantitative estimate of drug-likeness (QED) is 0.317. The zero-order valence-electron chi connectivity index (χ0n) is 15.7. The lowest BCUT2D eigenvalue weighted by Gasteiger charge is -2.12. The van der Waals surface area contributed by atoms with Gasteiger partial charge in [0.25, 0.3) is 0 Å². The lowest BCUT2D eigenvalue weighted by atomic mass is 10.1. The van der Waals surface area contributed by atoms with Crippen LogP contribution in [0, 0.1) is 10.1 Å². The number of benzene rings is 3. The van der Waals surface area contributed by atoms with Crippen LogP contribution >= 0.6 is 0 Å². The van der Waals surface area contributed by atoms with Crippen molar-refractivity contribution < 1.29 is 23.9 Å². The fourth-order valence-corrected chi connectivity index (χ4v) is 2.69. The number of carbonyl (C=O) groups is 1. The highest BCUT2D eigenvalue weighted by Crippen LogP contribution is 2.36. The molecule has 0 aliphatic heterocycles. The summed E-state index contributed by atoms with van der Waals surface area (Å²) < 4.78 is 16.1. The van der Waals surface area contributed by atoms with Crippen LogP contribution in [0.15, 0.2) is 72.8 Å². The van der Waals surface area contributed by atoms with E-state index < -0.39 is 16.6 Å². The van der Waals surface area contributed by atoms with Crippen LogP contribution in [0.25, 0.3) is 0 Å². The molecule has 0 aliphatic carbocycles. The molecular formula is C22H19NO6. The lowest BCUT2D eigenvalue weighted by Crippen LogP contribution is -2.10. The van der Waals surface area contributed by atoms with E-state index in [-0.39, 0.29) is 30.3 Å². The van der Waals surface area contributed by atoms with Crippen molar-refractivity contribution in [2.75, 3.05) is 7.11 Å². The van der Waals surface area contributed by atoms with Gasteiger partial charge < -0.3 is 14.2 Å². The minimum atomic E-state index is -0.830. The van der Waals surface area contributed by atoms with E-state index in [0.717, 1.165) is 11.1 Å². The Morgan fingerprint density at radius 3 is 2.07 bits per heavy atom. The summed E-state index contributed by atoms with van der Waals surface area (Å²) in [5.41, 5.74) is 0.915. The molecule has 0 N–H and O–H groups in total. The molecule has 0 heterocycles. The van der Waals surface area contributed by atoms with E-state index in [1.54, 1.807) is 12.1 Å². The monoisotopic (exact) mass is 393 g/mol. The van der Waals surface area contributed by atoms with Crippen LogP contribution < -0.4 is 9.47 Å². The minimum Gasteiger partial charge on any atom is -0.497 e. The van der Waals surface area contributed by atoms with Gasteiger partial charge in [0.05, 0.1) is 12.0 Å². The van der Waals surface area contributed by atoms with Gasteiger partial charge in [0, 0.05) is 12.1 Å².